The Morgan fingerprint density at radius 2 is 2.06 bits per heavy atom. The molecule has 0 bridgehead atoms. The fraction of sp³-hybridized carbons (Fsp3) is 0.364. The number of hydrogen-bond donors (Lipinski definition) is 1. The summed E-state index contributed by atoms with van der Waals surface area (Å²) in [5.41, 5.74) is 0.398. The molecule has 3 nitrogen and oxygen atoms in total. The first kappa shape index (κ1) is 13.3. The van der Waals surface area contributed by atoms with E-state index < -0.39 is 18.6 Å². The van der Waals surface area contributed by atoms with Crippen LogP contribution >= 0.6 is 0 Å². The van der Waals surface area contributed by atoms with Crippen LogP contribution in [0.25, 0.3) is 0 Å². The van der Waals surface area contributed by atoms with E-state index >= 15 is 0 Å². The number of alkyl halides is 3. The van der Waals surface area contributed by atoms with Crippen LogP contribution in [-0.4, -0.2) is 24.4 Å². The lowest BCUT2D eigenvalue weighted by Crippen LogP contribution is -2.12. The van der Waals surface area contributed by atoms with Crippen LogP contribution < -0.4 is 4.74 Å². The van der Waals surface area contributed by atoms with Gasteiger partial charge in [0.05, 0.1) is 20.0 Å². The summed E-state index contributed by atoms with van der Waals surface area (Å²) in [6.45, 7) is 0. The van der Waals surface area contributed by atoms with Crippen LogP contribution in [0.3, 0.4) is 0 Å². The Bertz CT molecular complexity index is 413. The molecule has 0 amide bonds. The molecule has 0 spiro atoms. The summed E-state index contributed by atoms with van der Waals surface area (Å²) in [5, 5.41) is 8.57. The number of carboxylic acid groups (broad SMARTS) is 1. The summed E-state index contributed by atoms with van der Waals surface area (Å²) in [6, 6.07) is 3.91. The van der Waals surface area contributed by atoms with E-state index in [1.165, 1.54) is 25.3 Å². The lowest BCUT2D eigenvalue weighted by molar-refractivity contribution is -0.136. The van der Waals surface area contributed by atoms with E-state index in [2.05, 4.69) is 0 Å². The average Bonchev–Trinajstić information content (AvgIpc) is 2.17. The summed E-state index contributed by atoms with van der Waals surface area (Å²) in [4.78, 5) is 10.5. The van der Waals surface area contributed by atoms with Crippen molar-refractivity contribution in [3.8, 4) is 5.75 Å². The first-order valence-corrected chi connectivity index (χ1v) is 4.76. The number of ether oxygens (including phenoxy) is 1. The number of rotatable bonds is 4. The van der Waals surface area contributed by atoms with Crippen molar-refractivity contribution in [1.29, 1.82) is 0 Å². The van der Waals surface area contributed by atoms with E-state index in [1.807, 2.05) is 0 Å². The van der Waals surface area contributed by atoms with Crippen molar-refractivity contribution in [2.45, 2.75) is 19.0 Å². The third kappa shape index (κ3) is 4.34. The number of aliphatic carboxylic acids is 1. The van der Waals surface area contributed by atoms with Gasteiger partial charge in [0, 0.05) is 5.56 Å². The first-order valence-electron chi connectivity index (χ1n) is 4.76. The van der Waals surface area contributed by atoms with Crippen LogP contribution in [-0.2, 0) is 17.6 Å². The molecule has 0 fully saturated rings. The van der Waals surface area contributed by atoms with Crippen molar-refractivity contribution in [2.24, 2.45) is 0 Å². The van der Waals surface area contributed by atoms with Crippen molar-refractivity contribution in [3.05, 3.63) is 29.3 Å². The van der Waals surface area contributed by atoms with Crippen molar-refractivity contribution in [2.75, 3.05) is 7.11 Å². The molecule has 1 aromatic carbocycles. The monoisotopic (exact) mass is 248 g/mol. The normalized spacial score (nSPS) is 11.3. The van der Waals surface area contributed by atoms with E-state index in [4.69, 9.17) is 9.84 Å². The zero-order valence-corrected chi connectivity index (χ0v) is 9.04. The summed E-state index contributed by atoms with van der Waals surface area (Å²) < 4.78 is 41.5. The van der Waals surface area contributed by atoms with Gasteiger partial charge in [-0.1, -0.05) is 12.1 Å². The minimum Gasteiger partial charge on any atom is -0.496 e. The summed E-state index contributed by atoms with van der Waals surface area (Å²) in [5.74, 6) is -0.989. The van der Waals surface area contributed by atoms with Gasteiger partial charge in [-0.15, -0.1) is 0 Å². The molecule has 0 heterocycles. The maximum Gasteiger partial charge on any atom is 0.393 e. The van der Waals surface area contributed by atoms with E-state index in [1.54, 1.807) is 0 Å². The molecule has 17 heavy (non-hydrogen) atoms. The molecule has 0 aliphatic heterocycles. The summed E-state index contributed by atoms with van der Waals surface area (Å²) in [6.07, 6.45) is -5.66. The van der Waals surface area contributed by atoms with Crippen LogP contribution in [0.5, 0.6) is 5.75 Å². The molecule has 1 rings (SSSR count). The molecule has 0 aromatic heterocycles. The minimum atomic E-state index is -4.32. The molecule has 0 radical (unpaired) electrons. The molecule has 6 heteroatoms. The highest BCUT2D eigenvalue weighted by Crippen LogP contribution is 2.28. The average molecular weight is 248 g/mol. The fourth-order valence-corrected chi connectivity index (χ4v) is 1.44. The molecular weight excluding hydrogens is 237 g/mol. The third-order valence-electron chi connectivity index (χ3n) is 2.10. The van der Waals surface area contributed by atoms with Gasteiger partial charge >= 0.3 is 12.1 Å². The highest BCUT2D eigenvalue weighted by molar-refractivity contribution is 5.70. The second-order valence-electron chi connectivity index (χ2n) is 3.51. The highest BCUT2D eigenvalue weighted by atomic mass is 19.4. The number of benzene rings is 1. The van der Waals surface area contributed by atoms with Gasteiger partial charge in [-0.2, -0.15) is 13.2 Å². The number of halogens is 3. The number of hydrogen-bond acceptors (Lipinski definition) is 2. The van der Waals surface area contributed by atoms with Crippen LogP contribution in [0.4, 0.5) is 13.2 Å². The van der Waals surface area contributed by atoms with E-state index in [0.717, 1.165) is 0 Å². The van der Waals surface area contributed by atoms with Gasteiger partial charge in [-0.25, -0.2) is 0 Å². The van der Waals surface area contributed by atoms with Crippen LogP contribution in [0.1, 0.15) is 11.1 Å². The Balaban J connectivity index is 2.97. The molecule has 0 aliphatic rings. The molecule has 1 aromatic rings. The Kier molecular flexibility index (Phi) is 3.98. The van der Waals surface area contributed by atoms with Crippen molar-refractivity contribution >= 4 is 5.97 Å². The predicted octanol–water partition coefficient (Wildman–Crippen LogP) is 2.43. The molecular formula is C11H11F3O3. The molecule has 0 unspecified atom stereocenters. The Morgan fingerprint density at radius 1 is 1.41 bits per heavy atom. The SMILES string of the molecule is COc1cc(CC(=O)O)ccc1CC(F)(F)F. The fourth-order valence-electron chi connectivity index (χ4n) is 1.44. The number of carbonyl (C=O) groups is 1. The third-order valence-corrected chi connectivity index (χ3v) is 2.10. The van der Waals surface area contributed by atoms with Gasteiger partial charge in [0.25, 0.3) is 0 Å². The lowest BCUT2D eigenvalue weighted by atomic mass is 10.1. The topological polar surface area (TPSA) is 46.5 Å². The Morgan fingerprint density at radius 3 is 2.53 bits per heavy atom. The second-order valence-corrected chi connectivity index (χ2v) is 3.51. The van der Waals surface area contributed by atoms with Gasteiger partial charge in [0.2, 0.25) is 0 Å². The van der Waals surface area contributed by atoms with Crippen molar-refractivity contribution in [1.82, 2.24) is 0 Å². The largest absolute Gasteiger partial charge is 0.496 e. The number of carboxylic acids is 1. The van der Waals surface area contributed by atoms with Gasteiger partial charge in [0.1, 0.15) is 5.75 Å². The first-order chi connectivity index (χ1) is 7.81. The van der Waals surface area contributed by atoms with Crippen molar-refractivity contribution in [3.63, 3.8) is 0 Å². The highest BCUT2D eigenvalue weighted by Gasteiger charge is 2.29. The maximum atomic E-state index is 12.2. The van der Waals surface area contributed by atoms with Gasteiger partial charge < -0.3 is 9.84 Å². The number of methoxy groups -OCH3 is 1. The quantitative estimate of drug-likeness (QED) is 0.890. The van der Waals surface area contributed by atoms with E-state index in [9.17, 15) is 18.0 Å². The van der Waals surface area contributed by atoms with E-state index in [-0.39, 0.29) is 17.7 Å². The van der Waals surface area contributed by atoms with Gasteiger partial charge in [-0.05, 0) is 11.6 Å². The smallest absolute Gasteiger partial charge is 0.393 e. The lowest BCUT2D eigenvalue weighted by Gasteiger charge is -2.12. The van der Waals surface area contributed by atoms with E-state index in [0.29, 0.717) is 5.56 Å². The molecule has 0 atom stereocenters. The van der Waals surface area contributed by atoms with Crippen LogP contribution in [0.2, 0.25) is 0 Å². The van der Waals surface area contributed by atoms with Crippen LogP contribution in [0, 0.1) is 0 Å². The Hall–Kier alpha value is -1.72. The van der Waals surface area contributed by atoms with Gasteiger partial charge in [0.15, 0.2) is 0 Å². The summed E-state index contributed by atoms with van der Waals surface area (Å²) >= 11 is 0. The molecule has 1 N–H and O–H groups in total. The molecule has 0 saturated heterocycles. The summed E-state index contributed by atoms with van der Waals surface area (Å²) in [7, 11) is 1.25. The van der Waals surface area contributed by atoms with Crippen LogP contribution in [0.15, 0.2) is 18.2 Å². The molecule has 94 valence electrons. The standard InChI is InChI=1S/C11H11F3O3/c1-17-9-4-7(5-10(15)16)2-3-8(9)6-11(12,13)14/h2-4H,5-6H2,1H3,(H,15,16). The minimum absolute atomic E-state index is 0.00543. The second kappa shape index (κ2) is 5.07. The zero-order chi connectivity index (χ0) is 13.1. The maximum absolute atomic E-state index is 12.2. The van der Waals surface area contributed by atoms with Crippen molar-refractivity contribution < 1.29 is 27.8 Å². The predicted molar refractivity (Wildman–Crippen MR) is 54.1 cm³/mol. The zero-order valence-electron chi connectivity index (χ0n) is 9.04. The van der Waals surface area contributed by atoms with Gasteiger partial charge in [-0.3, -0.25) is 4.79 Å². The Labute approximate surface area is 95.8 Å². The molecule has 0 saturated carbocycles. The molecule has 0 aliphatic carbocycles.